The molecule has 5 heteroatoms. The third kappa shape index (κ3) is 2.98. The maximum atomic E-state index is 12.8. The van der Waals surface area contributed by atoms with Crippen molar-refractivity contribution >= 4 is 11.7 Å². The van der Waals surface area contributed by atoms with Crippen LogP contribution in [0.3, 0.4) is 0 Å². The van der Waals surface area contributed by atoms with Crippen LogP contribution in [0.2, 0.25) is 0 Å². The van der Waals surface area contributed by atoms with Gasteiger partial charge in [-0.15, -0.1) is 0 Å². The first kappa shape index (κ1) is 12.3. The van der Waals surface area contributed by atoms with Crippen molar-refractivity contribution in [2.45, 2.75) is 6.42 Å². The Balaban J connectivity index is 1.63. The first-order valence-electron chi connectivity index (χ1n) is 6.62. The summed E-state index contributed by atoms with van der Waals surface area (Å²) in [5.74, 6) is 1.71. The zero-order chi connectivity index (χ0) is 13.1. The van der Waals surface area contributed by atoms with Gasteiger partial charge in [0.25, 0.3) is 0 Å². The Hall–Kier alpha value is -1.75. The van der Waals surface area contributed by atoms with E-state index in [1.54, 1.807) is 12.1 Å². The van der Waals surface area contributed by atoms with Crippen LogP contribution in [0.1, 0.15) is 5.56 Å². The van der Waals surface area contributed by atoms with Crippen molar-refractivity contribution in [2.75, 3.05) is 32.7 Å². The second kappa shape index (κ2) is 5.48. The standard InChI is InChI=1S/C14H17FN4/c15-12-3-1-11(2-4-12)9-13-17-10-14(18-13)19-7-5-16-6-8-19/h1-4,16H,5-10H2. The number of halogens is 1. The molecule has 19 heavy (non-hydrogen) atoms. The molecule has 4 nitrogen and oxygen atoms in total. The molecule has 100 valence electrons. The predicted molar refractivity (Wildman–Crippen MR) is 74.3 cm³/mol. The van der Waals surface area contributed by atoms with Gasteiger partial charge < -0.3 is 10.2 Å². The largest absolute Gasteiger partial charge is 0.356 e. The lowest BCUT2D eigenvalue weighted by atomic mass is 10.1. The summed E-state index contributed by atoms with van der Waals surface area (Å²) in [6.07, 6.45) is 0.676. The van der Waals surface area contributed by atoms with Gasteiger partial charge in [-0.3, -0.25) is 4.99 Å². The number of hydrogen-bond acceptors (Lipinski definition) is 4. The molecule has 1 fully saturated rings. The molecule has 0 unspecified atom stereocenters. The molecular formula is C14H17FN4. The lowest BCUT2D eigenvalue weighted by Crippen LogP contribution is -2.46. The summed E-state index contributed by atoms with van der Waals surface area (Å²) in [7, 11) is 0. The Bertz CT molecular complexity index is 501. The van der Waals surface area contributed by atoms with Crippen LogP contribution in [0, 0.1) is 5.82 Å². The third-order valence-corrected chi connectivity index (χ3v) is 3.42. The molecule has 0 bridgehead atoms. The fraction of sp³-hybridized carbons (Fsp3) is 0.429. The van der Waals surface area contributed by atoms with Crippen molar-refractivity contribution in [1.29, 1.82) is 0 Å². The Morgan fingerprint density at radius 2 is 1.89 bits per heavy atom. The van der Waals surface area contributed by atoms with Crippen LogP contribution in [0.25, 0.3) is 0 Å². The van der Waals surface area contributed by atoms with Crippen molar-refractivity contribution in [3.63, 3.8) is 0 Å². The highest BCUT2D eigenvalue weighted by Crippen LogP contribution is 2.09. The third-order valence-electron chi connectivity index (χ3n) is 3.42. The second-order valence-electron chi connectivity index (χ2n) is 4.80. The van der Waals surface area contributed by atoms with Gasteiger partial charge in [0, 0.05) is 32.6 Å². The second-order valence-corrected chi connectivity index (χ2v) is 4.80. The molecule has 1 N–H and O–H groups in total. The number of hydrogen-bond donors (Lipinski definition) is 1. The van der Waals surface area contributed by atoms with E-state index in [4.69, 9.17) is 0 Å². The number of benzene rings is 1. The fourth-order valence-corrected chi connectivity index (χ4v) is 2.36. The molecule has 3 rings (SSSR count). The van der Waals surface area contributed by atoms with Gasteiger partial charge in [0.15, 0.2) is 0 Å². The smallest absolute Gasteiger partial charge is 0.130 e. The van der Waals surface area contributed by atoms with Crippen LogP contribution in [0.4, 0.5) is 4.39 Å². The van der Waals surface area contributed by atoms with Crippen molar-refractivity contribution in [2.24, 2.45) is 9.98 Å². The van der Waals surface area contributed by atoms with E-state index in [1.165, 1.54) is 12.1 Å². The van der Waals surface area contributed by atoms with Gasteiger partial charge in [-0.2, -0.15) is 0 Å². The Morgan fingerprint density at radius 3 is 2.63 bits per heavy atom. The number of piperazine rings is 1. The molecule has 0 atom stereocenters. The summed E-state index contributed by atoms with van der Waals surface area (Å²) in [5, 5.41) is 3.32. The molecule has 0 spiro atoms. The van der Waals surface area contributed by atoms with Crippen LogP contribution in [0.15, 0.2) is 34.3 Å². The van der Waals surface area contributed by atoms with Gasteiger partial charge in [-0.1, -0.05) is 12.1 Å². The summed E-state index contributed by atoms with van der Waals surface area (Å²) in [6.45, 7) is 4.69. The lowest BCUT2D eigenvalue weighted by Gasteiger charge is -2.28. The normalized spacial score (nSPS) is 19.3. The molecule has 1 saturated heterocycles. The van der Waals surface area contributed by atoms with Crippen LogP contribution in [-0.2, 0) is 6.42 Å². The topological polar surface area (TPSA) is 40.0 Å². The minimum atomic E-state index is -0.206. The molecule has 0 amide bonds. The summed E-state index contributed by atoms with van der Waals surface area (Å²) in [5.41, 5.74) is 1.05. The molecule has 0 aromatic heterocycles. The maximum absolute atomic E-state index is 12.8. The number of nitrogens with one attached hydrogen (secondary N) is 1. The lowest BCUT2D eigenvalue weighted by molar-refractivity contribution is 0.355. The molecule has 1 aromatic rings. The maximum Gasteiger partial charge on any atom is 0.130 e. The number of nitrogens with zero attached hydrogens (tertiary/aromatic N) is 3. The van der Waals surface area contributed by atoms with Gasteiger partial charge in [0.1, 0.15) is 17.5 Å². The highest BCUT2D eigenvalue weighted by atomic mass is 19.1. The number of amidine groups is 2. The first-order chi connectivity index (χ1) is 9.31. The quantitative estimate of drug-likeness (QED) is 0.864. The highest BCUT2D eigenvalue weighted by molar-refractivity contribution is 6.03. The minimum Gasteiger partial charge on any atom is -0.356 e. The molecule has 0 aliphatic carbocycles. The van der Waals surface area contributed by atoms with Crippen LogP contribution < -0.4 is 5.32 Å². The number of rotatable bonds is 2. The summed E-state index contributed by atoms with van der Waals surface area (Å²) in [6, 6.07) is 6.53. The Morgan fingerprint density at radius 1 is 1.16 bits per heavy atom. The van der Waals surface area contributed by atoms with Gasteiger partial charge in [0.2, 0.25) is 0 Å². The van der Waals surface area contributed by atoms with Crippen LogP contribution >= 0.6 is 0 Å². The van der Waals surface area contributed by atoms with Gasteiger partial charge >= 0.3 is 0 Å². The van der Waals surface area contributed by atoms with Crippen molar-refractivity contribution in [3.05, 3.63) is 35.6 Å². The van der Waals surface area contributed by atoms with E-state index in [9.17, 15) is 4.39 Å². The van der Waals surface area contributed by atoms with E-state index in [0.717, 1.165) is 43.4 Å². The van der Waals surface area contributed by atoms with E-state index in [2.05, 4.69) is 20.2 Å². The SMILES string of the molecule is Fc1ccc(CC2=NCC(N3CCNCC3)=N2)cc1. The molecule has 2 aliphatic heterocycles. The molecule has 0 radical (unpaired) electrons. The Kier molecular flexibility index (Phi) is 3.55. The highest BCUT2D eigenvalue weighted by Gasteiger charge is 2.18. The summed E-state index contributed by atoms with van der Waals surface area (Å²) >= 11 is 0. The summed E-state index contributed by atoms with van der Waals surface area (Å²) < 4.78 is 12.8. The van der Waals surface area contributed by atoms with E-state index >= 15 is 0 Å². The molecule has 2 heterocycles. The zero-order valence-corrected chi connectivity index (χ0v) is 10.8. The van der Waals surface area contributed by atoms with Crippen molar-refractivity contribution in [3.8, 4) is 0 Å². The minimum absolute atomic E-state index is 0.206. The van der Waals surface area contributed by atoms with E-state index in [-0.39, 0.29) is 5.82 Å². The molecule has 1 aromatic carbocycles. The molecular weight excluding hydrogens is 243 g/mol. The molecule has 0 saturated carbocycles. The zero-order valence-electron chi connectivity index (χ0n) is 10.8. The van der Waals surface area contributed by atoms with Crippen LogP contribution in [0.5, 0.6) is 0 Å². The van der Waals surface area contributed by atoms with Crippen molar-refractivity contribution in [1.82, 2.24) is 10.2 Å². The van der Waals surface area contributed by atoms with E-state index in [1.807, 2.05) is 0 Å². The molecule has 2 aliphatic rings. The van der Waals surface area contributed by atoms with Crippen molar-refractivity contribution < 1.29 is 4.39 Å². The predicted octanol–water partition coefficient (Wildman–Crippen LogP) is 1.08. The first-order valence-corrected chi connectivity index (χ1v) is 6.62. The monoisotopic (exact) mass is 260 g/mol. The Labute approximate surface area is 112 Å². The number of aliphatic imine (C=N–C) groups is 2. The fourth-order valence-electron chi connectivity index (χ4n) is 2.36. The average molecular weight is 260 g/mol. The van der Waals surface area contributed by atoms with Gasteiger partial charge in [0.05, 0.1) is 6.54 Å². The van der Waals surface area contributed by atoms with E-state index < -0.39 is 0 Å². The van der Waals surface area contributed by atoms with Gasteiger partial charge in [-0.25, -0.2) is 9.38 Å². The van der Waals surface area contributed by atoms with Crippen LogP contribution in [-0.4, -0.2) is 49.3 Å². The van der Waals surface area contributed by atoms with E-state index in [0.29, 0.717) is 13.0 Å². The van der Waals surface area contributed by atoms with Gasteiger partial charge in [-0.05, 0) is 17.7 Å². The average Bonchev–Trinajstić information content (AvgIpc) is 2.91. The summed E-state index contributed by atoms with van der Waals surface area (Å²) in [4.78, 5) is 11.4.